The Morgan fingerprint density at radius 1 is 1.21 bits per heavy atom. The van der Waals surface area contributed by atoms with Crippen LogP contribution in [-0.2, 0) is 4.79 Å². The molecule has 1 saturated carbocycles. The first kappa shape index (κ1) is 15.0. The first-order valence-corrected chi connectivity index (χ1v) is 8.48. The number of hydrogen-bond donors (Lipinski definition) is 1. The van der Waals surface area contributed by atoms with E-state index in [9.17, 15) is 4.79 Å². The number of imidazole rings is 1. The van der Waals surface area contributed by atoms with Crippen molar-refractivity contribution in [3.63, 3.8) is 0 Å². The van der Waals surface area contributed by atoms with Crippen LogP contribution in [-0.4, -0.2) is 15.3 Å². The second-order valence-corrected chi connectivity index (χ2v) is 6.62. The Kier molecular flexibility index (Phi) is 3.63. The highest BCUT2D eigenvalue weighted by atomic mass is 16.3. The van der Waals surface area contributed by atoms with Crippen molar-refractivity contribution in [2.45, 2.75) is 39.5 Å². The summed E-state index contributed by atoms with van der Waals surface area (Å²) in [5.74, 6) is 2.38. The van der Waals surface area contributed by atoms with Crippen molar-refractivity contribution in [2.24, 2.45) is 5.92 Å². The SMILES string of the molecule is Cc1ccc2nc(-c3ccc(C)o3)c(NC(=O)C3CCCC3)n2c1. The van der Waals surface area contributed by atoms with Gasteiger partial charge in [-0.25, -0.2) is 4.98 Å². The zero-order valence-electron chi connectivity index (χ0n) is 14.0. The Hall–Kier alpha value is -2.56. The third-order valence-electron chi connectivity index (χ3n) is 4.71. The number of carbonyl (C=O) groups is 1. The van der Waals surface area contributed by atoms with Gasteiger partial charge in [0, 0.05) is 12.1 Å². The number of nitrogens with one attached hydrogen (secondary N) is 1. The number of carbonyl (C=O) groups excluding carboxylic acids is 1. The molecule has 1 amide bonds. The molecule has 3 aromatic heterocycles. The van der Waals surface area contributed by atoms with Crippen molar-refractivity contribution in [3.8, 4) is 11.5 Å². The summed E-state index contributed by atoms with van der Waals surface area (Å²) in [4.78, 5) is 17.3. The second-order valence-electron chi connectivity index (χ2n) is 6.62. The average Bonchev–Trinajstić information content (AvgIpc) is 3.28. The van der Waals surface area contributed by atoms with E-state index in [1.54, 1.807) is 0 Å². The van der Waals surface area contributed by atoms with E-state index in [0.29, 0.717) is 17.3 Å². The largest absolute Gasteiger partial charge is 0.460 e. The van der Waals surface area contributed by atoms with Gasteiger partial charge in [-0.05, 0) is 50.5 Å². The van der Waals surface area contributed by atoms with E-state index in [1.807, 2.05) is 48.7 Å². The van der Waals surface area contributed by atoms with Crippen molar-refractivity contribution in [1.82, 2.24) is 9.38 Å². The minimum atomic E-state index is 0.0836. The van der Waals surface area contributed by atoms with E-state index in [-0.39, 0.29) is 11.8 Å². The predicted octanol–water partition coefficient (Wildman–Crippen LogP) is 4.34. The van der Waals surface area contributed by atoms with Crippen LogP contribution in [0.4, 0.5) is 5.82 Å². The van der Waals surface area contributed by atoms with Gasteiger partial charge in [0.15, 0.2) is 5.76 Å². The number of aryl methyl sites for hydroxylation is 2. The lowest BCUT2D eigenvalue weighted by Crippen LogP contribution is -2.21. The predicted molar refractivity (Wildman–Crippen MR) is 93.0 cm³/mol. The van der Waals surface area contributed by atoms with E-state index in [4.69, 9.17) is 4.42 Å². The number of rotatable bonds is 3. The molecule has 0 radical (unpaired) electrons. The minimum absolute atomic E-state index is 0.0836. The summed E-state index contributed by atoms with van der Waals surface area (Å²) >= 11 is 0. The molecular formula is C19H21N3O2. The van der Waals surface area contributed by atoms with Crippen LogP contribution in [0.25, 0.3) is 17.1 Å². The van der Waals surface area contributed by atoms with Crippen molar-refractivity contribution >= 4 is 17.4 Å². The Bertz CT molecular complexity index is 901. The number of hydrogen-bond acceptors (Lipinski definition) is 3. The van der Waals surface area contributed by atoms with Crippen LogP contribution in [0.15, 0.2) is 34.9 Å². The first-order chi connectivity index (χ1) is 11.6. The molecular weight excluding hydrogens is 302 g/mol. The molecule has 3 aromatic rings. The molecule has 124 valence electrons. The molecule has 4 rings (SSSR count). The number of furan rings is 1. The maximum Gasteiger partial charge on any atom is 0.228 e. The van der Waals surface area contributed by atoms with Crippen molar-refractivity contribution in [3.05, 3.63) is 41.8 Å². The third-order valence-corrected chi connectivity index (χ3v) is 4.71. The van der Waals surface area contributed by atoms with Gasteiger partial charge in [-0.2, -0.15) is 0 Å². The Morgan fingerprint density at radius 3 is 2.71 bits per heavy atom. The van der Waals surface area contributed by atoms with Crippen molar-refractivity contribution in [2.75, 3.05) is 5.32 Å². The molecule has 1 N–H and O–H groups in total. The molecule has 0 saturated heterocycles. The van der Waals surface area contributed by atoms with E-state index in [2.05, 4.69) is 10.3 Å². The topological polar surface area (TPSA) is 59.5 Å². The zero-order valence-corrected chi connectivity index (χ0v) is 14.0. The molecule has 5 heteroatoms. The summed E-state index contributed by atoms with van der Waals surface area (Å²) in [7, 11) is 0. The van der Waals surface area contributed by atoms with Gasteiger partial charge in [0.05, 0.1) is 0 Å². The number of anilines is 1. The summed E-state index contributed by atoms with van der Waals surface area (Å²) in [5.41, 5.74) is 2.59. The highest BCUT2D eigenvalue weighted by Gasteiger charge is 2.26. The Balaban J connectivity index is 1.80. The summed E-state index contributed by atoms with van der Waals surface area (Å²) in [6.45, 7) is 3.93. The van der Waals surface area contributed by atoms with Gasteiger partial charge in [0.2, 0.25) is 5.91 Å². The van der Waals surface area contributed by atoms with Gasteiger partial charge < -0.3 is 9.73 Å². The molecule has 1 aliphatic rings. The summed E-state index contributed by atoms with van der Waals surface area (Å²) in [6, 6.07) is 7.78. The Morgan fingerprint density at radius 2 is 2.00 bits per heavy atom. The van der Waals surface area contributed by atoms with E-state index >= 15 is 0 Å². The summed E-state index contributed by atoms with van der Waals surface area (Å²) < 4.78 is 7.69. The monoisotopic (exact) mass is 323 g/mol. The molecule has 5 nitrogen and oxygen atoms in total. The van der Waals surface area contributed by atoms with Crippen LogP contribution >= 0.6 is 0 Å². The second kappa shape index (κ2) is 5.82. The van der Waals surface area contributed by atoms with Crippen molar-refractivity contribution < 1.29 is 9.21 Å². The van der Waals surface area contributed by atoms with Gasteiger partial charge >= 0.3 is 0 Å². The molecule has 0 bridgehead atoms. The smallest absolute Gasteiger partial charge is 0.228 e. The van der Waals surface area contributed by atoms with Crippen LogP contribution in [0, 0.1) is 19.8 Å². The van der Waals surface area contributed by atoms with Gasteiger partial charge in [-0.3, -0.25) is 9.20 Å². The molecule has 0 spiro atoms. The van der Waals surface area contributed by atoms with Crippen LogP contribution in [0.5, 0.6) is 0 Å². The average molecular weight is 323 g/mol. The molecule has 0 atom stereocenters. The van der Waals surface area contributed by atoms with Gasteiger partial charge in [-0.1, -0.05) is 18.9 Å². The maximum absolute atomic E-state index is 12.6. The van der Waals surface area contributed by atoms with E-state index < -0.39 is 0 Å². The fourth-order valence-corrected chi connectivity index (χ4v) is 3.41. The number of amides is 1. The molecule has 1 fully saturated rings. The maximum atomic E-state index is 12.6. The number of pyridine rings is 1. The minimum Gasteiger partial charge on any atom is -0.460 e. The normalized spacial score (nSPS) is 15.2. The van der Waals surface area contributed by atoms with Gasteiger partial charge in [0.25, 0.3) is 0 Å². The first-order valence-electron chi connectivity index (χ1n) is 8.48. The lowest BCUT2D eigenvalue weighted by molar-refractivity contribution is -0.119. The van der Waals surface area contributed by atoms with Gasteiger partial charge in [0.1, 0.15) is 22.9 Å². The van der Waals surface area contributed by atoms with Crippen LogP contribution < -0.4 is 5.32 Å². The van der Waals surface area contributed by atoms with E-state index in [0.717, 1.165) is 42.7 Å². The van der Waals surface area contributed by atoms with Crippen LogP contribution in [0.3, 0.4) is 0 Å². The summed E-state index contributed by atoms with van der Waals surface area (Å²) in [5, 5.41) is 3.11. The van der Waals surface area contributed by atoms with Gasteiger partial charge in [-0.15, -0.1) is 0 Å². The fraction of sp³-hybridized carbons (Fsp3) is 0.368. The number of nitrogens with zero attached hydrogens (tertiary/aromatic N) is 2. The third kappa shape index (κ3) is 2.60. The molecule has 0 aliphatic heterocycles. The molecule has 24 heavy (non-hydrogen) atoms. The molecule has 0 aromatic carbocycles. The Labute approximate surface area is 140 Å². The number of fused-ring (bicyclic) bond motifs is 1. The highest BCUT2D eigenvalue weighted by Crippen LogP contribution is 2.32. The van der Waals surface area contributed by atoms with Crippen LogP contribution in [0.1, 0.15) is 37.0 Å². The van der Waals surface area contributed by atoms with Crippen molar-refractivity contribution in [1.29, 1.82) is 0 Å². The van der Waals surface area contributed by atoms with Crippen LogP contribution in [0.2, 0.25) is 0 Å². The molecule has 3 heterocycles. The fourth-order valence-electron chi connectivity index (χ4n) is 3.41. The lowest BCUT2D eigenvalue weighted by Gasteiger charge is -2.11. The van der Waals surface area contributed by atoms with E-state index in [1.165, 1.54) is 0 Å². The standard InChI is InChI=1S/C19H21N3O2/c1-12-7-10-16-20-17(15-9-8-13(2)24-15)18(22(16)11-12)21-19(23)14-5-3-4-6-14/h7-11,14H,3-6H2,1-2H3,(H,21,23). The quantitative estimate of drug-likeness (QED) is 0.780. The number of aromatic nitrogens is 2. The lowest BCUT2D eigenvalue weighted by atomic mass is 10.1. The molecule has 1 aliphatic carbocycles. The summed E-state index contributed by atoms with van der Waals surface area (Å²) in [6.07, 6.45) is 6.20. The zero-order chi connectivity index (χ0) is 16.7. The highest BCUT2D eigenvalue weighted by molar-refractivity contribution is 5.95. The molecule has 0 unspecified atom stereocenters.